The van der Waals surface area contributed by atoms with E-state index in [1.807, 2.05) is 12.1 Å². The summed E-state index contributed by atoms with van der Waals surface area (Å²) in [7, 11) is 1.44. The highest BCUT2D eigenvalue weighted by Gasteiger charge is 2.13. The van der Waals surface area contributed by atoms with Gasteiger partial charge in [-0.2, -0.15) is 0 Å². The molecule has 0 aliphatic carbocycles. The van der Waals surface area contributed by atoms with Crippen LogP contribution in [0.3, 0.4) is 0 Å². The molecule has 0 spiro atoms. The van der Waals surface area contributed by atoms with Gasteiger partial charge in [-0.3, -0.25) is 9.59 Å². The fourth-order valence-corrected chi connectivity index (χ4v) is 2.32. The molecule has 126 valence electrons. The van der Waals surface area contributed by atoms with Crippen molar-refractivity contribution in [2.75, 3.05) is 13.7 Å². The molecule has 0 fully saturated rings. The summed E-state index contributed by atoms with van der Waals surface area (Å²) in [5.41, 5.74) is 2.02. The van der Waals surface area contributed by atoms with Crippen LogP contribution in [0.4, 0.5) is 0 Å². The molecule has 0 saturated heterocycles. The summed E-state index contributed by atoms with van der Waals surface area (Å²) < 4.78 is 5.05. The van der Waals surface area contributed by atoms with E-state index in [9.17, 15) is 9.59 Å². The molecule has 1 aromatic heterocycles. The zero-order valence-corrected chi connectivity index (χ0v) is 13.8. The summed E-state index contributed by atoms with van der Waals surface area (Å²) >= 11 is 5.86. The van der Waals surface area contributed by atoms with Gasteiger partial charge in [0.15, 0.2) is 0 Å². The number of ether oxygens (including phenoxy) is 1. The van der Waals surface area contributed by atoms with Crippen LogP contribution in [0, 0.1) is 0 Å². The Morgan fingerprint density at radius 1 is 1.25 bits per heavy atom. The first-order valence-corrected chi connectivity index (χ1v) is 7.64. The van der Waals surface area contributed by atoms with Crippen molar-refractivity contribution in [2.24, 2.45) is 0 Å². The van der Waals surface area contributed by atoms with Crippen LogP contribution in [0.1, 0.15) is 21.5 Å². The molecule has 2 N–H and O–H groups in total. The Morgan fingerprint density at radius 3 is 2.54 bits per heavy atom. The molecule has 1 amide bonds. The lowest BCUT2D eigenvalue weighted by Crippen LogP contribution is -2.26. The first-order valence-electron chi connectivity index (χ1n) is 7.27. The number of nitrogens with one attached hydrogen (secondary N) is 1. The van der Waals surface area contributed by atoms with E-state index in [1.54, 1.807) is 12.1 Å². The lowest BCUT2D eigenvalue weighted by molar-refractivity contribution is -0.136. The second-order valence-electron chi connectivity index (χ2n) is 5.10. The van der Waals surface area contributed by atoms with Crippen molar-refractivity contribution in [2.45, 2.75) is 12.8 Å². The minimum absolute atomic E-state index is 0.00141. The van der Waals surface area contributed by atoms with Crippen molar-refractivity contribution in [3.63, 3.8) is 0 Å². The van der Waals surface area contributed by atoms with Gasteiger partial charge in [0.2, 0.25) is 5.88 Å². The summed E-state index contributed by atoms with van der Waals surface area (Å²) in [6.07, 6.45) is 2.03. The Bertz CT molecular complexity index is 732. The number of carboxylic acids is 1. The van der Waals surface area contributed by atoms with Crippen LogP contribution in [0.15, 0.2) is 36.5 Å². The minimum Gasteiger partial charge on any atom is -0.481 e. The average Bonchev–Trinajstić information content (AvgIpc) is 2.56. The maximum Gasteiger partial charge on any atom is 0.307 e. The normalized spacial score (nSPS) is 10.2. The molecule has 24 heavy (non-hydrogen) atoms. The van der Waals surface area contributed by atoms with Crippen molar-refractivity contribution in [1.29, 1.82) is 0 Å². The maximum atomic E-state index is 12.2. The molecule has 6 nitrogen and oxygen atoms in total. The number of methoxy groups -OCH3 is 1. The SMILES string of the molecule is COc1ncc(Cl)cc1C(=O)NCCc1ccc(CC(=O)O)cc1. The van der Waals surface area contributed by atoms with Gasteiger partial charge in [0, 0.05) is 12.7 Å². The molecule has 0 bridgehead atoms. The predicted octanol–water partition coefficient (Wildman–Crippen LogP) is 2.34. The molecule has 0 aliphatic heterocycles. The molecular formula is C17H17ClN2O4. The summed E-state index contributed by atoms with van der Waals surface area (Å²) in [5, 5.41) is 11.9. The smallest absolute Gasteiger partial charge is 0.307 e. The molecule has 0 aliphatic rings. The van der Waals surface area contributed by atoms with Crippen LogP contribution in [-0.2, 0) is 17.6 Å². The van der Waals surface area contributed by atoms with Crippen LogP contribution < -0.4 is 10.1 Å². The van der Waals surface area contributed by atoms with E-state index >= 15 is 0 Å². The quantitative estimate of drug-likeness (QED) is 0.801. The van der Waals surface area contributed by atoms with E-state index < -0.39 is 5.97 Å². The van der Waals surface area contributed by atoms with E-state index in [4.69, 9.17) is 21.4 Å². The zero-order chi connectivity index (χ0) is 17.5. The number of benzene rings is 1. The van der Waals surface area contributed by atoms with E-state index in [2.05, 4.69) is 10.3 Å². The topological polar surface area (TPSA) is 88.5 Å². The first-order chi connectivity index (χ1) is 11.5. The molecular weight excluding hydrogens is 332 g/mol. The van der Waals surface area contributed by atoms with Gasteiger partial charge in [0.05, 0.1) is 18.6 Å². The molecule has 7 heteroatoms. The third-order valence-corrected chi connectivity index (χ3v) is 3.54. The van der Waals surface area contributed by atoms with Crippen molar-refractivity contribution < 1.29 is 19.4 Å². The largest absolute Gasteiger partial charge is 0.481 e. The number of aliphatic carboxylic acids is 1. The Labute approximate surface area is 144 Å². The molecule has 1 aromatic carbocycles. The van der Waals surface area contributed by atoms with Crippen LogP contribution in [-0.4, -0.2) is 35.6 Å². The van der Waals surface area contributed by atoms with E-state index in [0.29, 0.717) is 18.0 Å². The molecule has 1 heterocycles. The molecule has 2 rings (SSSR count). The van der Waals surface area contributed by atoms with Gasteiger partial charge < -0.3 is 15.2 Å². The third-order valence-electron chi connectivity index (χ3n) is 3.33. The number of rotatable bonds is 7. The predicted molar refractivity (Wildman–Crippen MR) is 89.6 cm³/mol. The Hall–Kier alpha value is -2.60. The van der Waals surface area contributed by atoms with Crippen molar-refractivity contribution in [1.82, 2.24) is 10.3 Å². The van der Waals surface area contributed by atoms with Crippen LogP contribution in [0.25, 0.3) is 0 Å². The van der Waals surface area contributed by atoms with Crippen molar-refractivity contribution in [3.8, 4) is 5.88 Å². The highest BCUT2D eigenvalue weighted by Crippen LogP contribution is 2.19. The number of hydrogen-bond donors (Lipinski definition) is 2. The summed E-state index contributed by atoms with van der Waals surface area (Å²) in [5.74, 6) is -0.960. The van der Waals surface area contributed by atoms with Crippen molar-refractivity contribution in [3.05, 3.63) is 58.2 Å². The Morgan fingerprint density at radius 2 is 1.92 bits per heavy atom. The summed E-state index contributed by atoms with van der Waals surface area (Å²) in [6, 6.07) is 8.76. The molecule has 0 saturated carbocycles. The fraction of sp³-hybridized carbons (Fsp3) is 0.235. The number of nitrogens with zero attached hydrogens (tertiary/aromatic N) is 1. The number of amides is 1. The van der Waals surface area contributed by atoms with E-state index in [-0.39, 0.29) is 23.8 Å². The number of pyridine rings is 1. The Balaban J connectivity index is 1.91. The van der Waals surface area contributed by atoms with Gasteiger partial charge in [0.25, 0.3) is 5.91 Å². The zero-order valence-electron chi connectivity index (χ0n) is 13.1. The van der Waals surface area contributed by atoms with Crippen LogP contribution in [0.2, 0.25) is 5.02 Å². The van der Waals surface area contributed by atoms with Gasteiger partial charge in [-0.05, 0) is 23.6 Å². The second-order valence-corrected chi connectivity index (χ2v) is 5.54. The number of carboxylic acid groups (broad SMARTS) is 1. The number of aromatic nitrogens is 1. The third kappa shape index (κ3) is 4.96. The summed E-state index contributed by atoms with van der Waals surface area (Å²) in [4.78, 5) is 26.8. The van der Waals surface area contributed by atoms with Crippen molar-refractivity contribution >= 4 is 23.5 Å². The molecule has 0 unspecified atom stereocenters. The van der Waals surface area contributed by atoms with Gasteiger partial charge in [0.1, 0.15) is 5.56 Å². The van der Waals surface area contributed by atoms with Gasteiger partial charge >= 0.3 is 5.97 Å². The molecule has 0 atom stereocenters. The number of halogens is 1. The second kappa shape index (κ2) is 8.31. The first kappa shape index (κ1) is 17.7. The standard InChI is InChI=1S/C17H17ClN2O4/c1-24-17-14(9-13(18)10-20-17)16(23)19-7-6-11-2-4-12(5-3-11)8-15(21)22/h2-5,9-10H,6-8H2,1H3,(H,19,23)(H,21,22). The molecule has 0 radical (unpaired) electrons. The minimum atomic E-state index is -0.862. The lowest BCUT2D eigenvalue weighted by Gasteiger charge is -2.09. The van der Waals surface area contributed by atoms with E-state index in [1.165, 1.54) is 19.4 Å². The Kier molecular flexibility index (Phi) is 6.14. The molecule has 2 aromatic rings. The van der Waals surface area contributed by atoms with Gasteiger partial charge in [-0.25, -0.2) is 4.98 Å². The van der Waals surface area contributed by atoms with Gasteiger partial charge in [-0.15, -0.1) is 0 Å². The highest BCUT2D eigenvalue weighted by atomic mass is 35.5. The number of carbonyl (C=O) groups excluding carboxylic acids is 1. The fourth-order valence-electron chi connectivity index (χ4n) is 2.17. The monoisotopic (exact) mass is 348 g/mol. The summed E-state index contributed by atoms with van der Waals surface area (Å²) in [6.45, 7) is 0.423. The van der Waals surface area contributed by atoms with E-state index in [0.717, 1.165) is 11.1 Å². The van der Waals surface area contributed by atoms with Crippen LogP contribution >= 0.6 is 11.6 Å². The van der Waals surface area contributed by atoms with Gasteiger partial charge in [-0.1, -0.05) is 35.9 Å². The maximum absolute atomic E-state index is 12.2. The average molecular weight is 349 g/mol. The number of carbonyl (C=O) groups is 2. The lowest BCUT2D eigenvalue weighted by atomic mass is 10.1. The van der Waals surface area contributed by atoms with Crippen LogP contribution in [0.5, 0.6) is 5.88 Å². The highest BCUT2D eigenvalue weighted by molar-refractivity contribution is 6.30. The number of hydrogen-bond acceptors (Lipinski definition) is 4.